The zero-order valence-corrected chi connectivity index (χ0v) is 15.0. The number of nitrogen functional groups attached to an aromatic ring is 1. The first-order valence-corrected chi connectivity index (χ1v) is 8.53. The van der Waals surface area contributed by atoms with Crippen LogP contribution in [0.1, 0.15) is 18.5 Å². The van der Waals surface area contributed by atoms with Gasteiger partial charge in [0.25, 0.3) is 5.56 Å². The summed E-state index contributed by atoms with van der Waals surface area (Å²) >= 11 is 0. The van der Waals surface area contributed by atoms with Gasteiger partial charge in [-0.3, -0.25) is 14.5 Å². The monoisotopic (exact) mass is 361 g/mol. The van der Waals surface area contributed by atoms with Crippen LogP contribution in [0.5, 0.6) is 5.75 Å². The molecule has 2 heterocycles. The molecule has 0 radical (unpaired) electrons. The fraction of sp³-hybridized carbons (Fsp3) is 0.150. The lowest BCUT2D eigenvalue weighted by molar-refractivity contribution is 0.413. The lowest BCUT2D eigenvalue weighted by atomic mass is 10.1. The second kappa shape index (κ2) is 6.60. The minimum absolute atomic E-state index is 0.112. The molecule has 136 valence electrons. The highest BCUT2D eigenvalue weighted by atomic mass is 16.5. The van der Waals surface area contributed by atoms with Crippen LogP contribution in [-0.4, -0.2) is 26.9 Å². The first-order chi connectivity index (χ1) is 13.1. The van der Waals surface area contributed by atoms with Crippen LogP contribution in [-0.2, 0) is 0 Å². The van der Waals surface area contributed by atoms with E-state index < -0.39 is 0 Å². The normalized spacial score (nSPS) is 12.2. The maximum atomic E-state index is 13.1. The Hall–Kier alpha value is -3.61. The Kier molecular flexibility index (Phi) is 4.12. The SMILES string of the molecule is COc1cccc(C(C)n2cnc3ccc(-c4c[nH]nc4N)cc3c2=O)c1. The Morgan fingerprint density at radius 3 is 2.81 bits per heavy atom. The van der Waals surface area contributed by atoms with E-state index in [9.17, 15) is 4.79 Å². The van der Waals surface area contributed by atoms with Crippen molar-refractivity contribution in [3.05, 3.63) is 70.9 Å². The molecule has 7 nitrogen and oxygen atoms in total. The van der Waals surface area contributed by atoms with E-state index in [1.807, 2.05) is 43.3 Å². The van der Waals surface area contributed by atoms with Crippen LogP contribution in [0.4, 0.5) is 5.82 Å². The molecule has 4 aromatic rings. The van der Waals surface area contributed by atoms with Gasteiger partial charge in [0.2, 0.25) is 0 Å². The van der Waals surface area contributed by atoms with E-state index >= 15 is 0 Å². The van der Waals surface area contributed by atoms with Crippen molar-refractivity contribution in [2.24, 2.45) is 0 Å². The number of fused-ring (bicyclic) bond motifs is 1. The van der Waals surface area contributed by atoms with E-state index in [2.05, 4.69) is 15.2 Å². The summed E-state index contributed by atoms with van der Waals surface area (Å²) in [6, 6.07) is 13.0. The van der Waals surface area contributed by atoms with E-state index in [-0.39, 0.29) is 11.6 Å². The summed E-state index contributed by atoms with van der Waals surface area (Å²) < 4.78 is 6.91. The first-order valence-electron chi connectivity index (χ1n) is 8.53. The lowest BCUT2D eigenvalue weighted by Crippen LogP contribution is -2.24. The predicted octanol–water partition coefficient (Wildman–Crippen LogP) is 2.99. The number of nitrogens with one attached hydrogen (secondary N) is 1. The largest absolute Gasteiger partial charge is 0.497 e. The molecule has 0 bridgehead atoms. The standard InChI is InChI=1S/C20H19N5O2/c1-12(13-4-3-5-15(8-13)27-2)25-11-22-18-7-6-14(9-16(18)20(25)26)17-10-23-24-19(17)21/h3-12H,1-2H3,(H3,21,23,24). The Morgan fingerprint density at radius 1 is 1.22 bits per heavy atom. The van der Waals surface area contributed by atoms with E-state index in [1.165, 1.54) is 0 Å². The Balaban J connectivity index is 1.83. The molecule has 3 N–H and O–H groups in total. The second-order valence-electron chi connectivity index (χ2n) is 6.33. The number of benzene rings is 2. The molecule has 0 amide bonds. The highest BCUT2D eigenvalue weighted by Crippen LogP contribution is 2.26. The van der Waals surface area contributed by atoms with Crippen LogP contribution in [0, 0.1) is 0 Å². The van der Waals surface area contributed by atoms with Crippen LogP contribution in [0.3, 0.4) is 0 Å². The van der Waals surface area contributed by atoms with Crippen molar-refractivity contribution in [1.29, 1.82) is 0 Å². The van der Waals surface area contributed by atoms with Crippen molar-refractivity contribution in [2.75, 3.05) is 12.8 Å². The molecule has 0 saturated carbocycles. The molecule has 0 fully saturated rings. The van der Waals surface area contributed by atoms with Gasteiger partial charge in [-0.05, 0) is 42.3 Å². The second-order valence-corrected chi connectivity index (χ2v) is 6.33. The number of aromatic amines is 1. The molecule has 27 heavy (non-hydrogen) atoms. The lowest BCUT2D eigenvalue weighted by Gasteiger charge is -2.16. The van der Waals surface area contributed by atoms with E-state index in [1.54, 1.807) is 30.3 Å². The maximum Gasteiger partial charge on any atom is 0.261 e. The summed E-state index contributed by atoms with van der Waals surface area (Å²) in [5, 5.41) is 7.21. The van der Waals surface area contributed by atoms with Gasteiger partial charge in [0.1, 0.15) is 5.75 Å². The van der Waals surface area contributed by atoms with Gasteiger partial charge >= 0.3 is 0 Å². The van der Waals surface area contributed by atoms with Crippen molar-refractivity contribution in [3.8, 4) is 16.9 Å². The first kappa shape index (κ1) is 16.8. The van der Waals surface area contributed by atoms with Gasteiger partial charge in [-0.25, -0.2) is 4.98 Å². The molecule has 2 aromatic carbocycles. The number of hydrogen-bond donors (Lipinski definition) is 2. The fourth-order valence-corrected chi connectivity index (χ4v) is 3.17. The van der Waals surface area contributed by atoms with Gasteiger partial charge < -0.3 is 10.5 Å². The Morgan fingerprint density at radius 2 is 2.07 bits per heavy atom. The zero-order chi connectivity index (χ0) is 19.0. The summed E-state index contributed by atoms with van der Waals surface area (Å²) in [4.78, 5) is 17.6. The van der Waals surface area contributed by atoms with Crippen LogP contribution < -0.4 is 16.0 Å². The molecule has 0 aliphatic heterocycles. The maximum absolute atomic E-state index is 13.1. The van der Waals surface area contributed by atoms with Crippen molar-refractivity contribution in [2.45, 2.75) is 13.0 Å². The molecule has 0 saturated heterocycles. The van der Waals surface area contributed by atoms with Crippen molar-refractivity contribution >= 4 is 16.7 Å². The third-order valence-corrected chi connectivity index (χ3v) is 4.76. The van der Waals surface area contributed by atoms with Gasteiger partial charge in [0, 0.05) is 11.8 Å². The molecule has 0 spiro atoms. The fourth-order valence-electron chi connectivity index (χ4n) is 3.17. The van der Waals surface area contributed by atoms with E-state index in [0.29, 0.717) is 16.7 Å². The van der Waals surface area contributed by atoms with Crippen molar-refractivity contribution in [3.63, 3.8) is 0 Å². The highest BCUT2D eigenvalue weighted by Gasteiger charge is 2.14. The summed E-state index contributed by atoms with van der Waals surface area (Å²) in [7, 11) is 1.62. The van der Waals surface area contributed by atoms with E-state index in [0.717, 1.165) is 22.4 Å². The van der Waals surface area contributed by atoms with Crippen LogP contribution in [0.2, 0.25) is 0 Å². The summed E-state index contributed by atoms with van der Waals surface area (Å²) in [6.07, 6.45) is 3.30. The van der Waals surface area contributed by atoms with Gasteiger partial charge in [-0.1, -0.05) is 18.2 Å². The number of H-pyrrole nitrogens is 1. The molecule has 2 aromatic heterocycles. The van der Waals surface area contributed by atoms with Crippen molar-refractivity contribution < 1.29 is 4.74 Å². The van der Waals surface area contributed by atoms with Gasteiger partial charge in [-0.15, -0.1) is 0 Å². The van der Waals surface area contributed by atoms with Crippen LogP contribution in [0.15, 0.2) is 59.8 Å². The zero-order valence-electron chi connectivity index (χ0n) is 15.0. The highest BCUT2D eigenvalue weighted by molar-refractivity contribution is 5.85. The van der Waals surface area contributed by atoms with Gasteiger partial charge in [-0.2, -0.15) is 5.10 Å². The smallest absolute Gasteiger partial charge is 0.261 e. The molecule has 1 unspecified atom stereocenters. The molecular weight excluding hydrogens is 342 g/mol. The Labute approximate surface area is 155 Å². The minimum atomic E-state index is -0.188. The Bertz CT molecular complexity index is 1180. The van der Waals surface area contributed by atoms with Gasteiger partial charge in [0.05, 0.1) is 30.4 Å². The van der Waals surface area contributed by atoms with Crippen LogP contribution in [0.25, 0.3) is 22.0 Å². The topological polar surface area (TPSA) is 98.8 Å². The molecule has 7 heteroatoms. The molecular formula is C20H19N5O2. The van der Waals surface area contributed by atoms with Gasteiger partial charge in [0.15, 0.2) is 5.82 Å². The number of aromatic nitrogens is 4. The quantitative estimate of drug-likeness (QED) is 0.582. The van der Waals surface area contributed by atoms with E-state index in [4.69, 9.17) is 10.5 Å². The molecule has 1 atom stereocenters. The third-order valence-electron chi connectivity index (χ3n) is 4.76. The van der Waals surface area contributed by atoms with Crippen molar-refractivity contribution in [1.82, 2.24) is 19.7 Å². The average molecular weight is 361 g/mol. The predicted molar refractivity (Wildman–Crippen MR) is 105 cm³/mol. The number of rotatable bonds is 4. The molecule has 0 aliphatic rings. The number of hydrogen-bond acceptors (Lipinski definition) is 5. The number of nitrogens with zero attached hydrogens (tertiary/aromatic N) is 3. The summed E-state index contributed by atoms with van der Waals surface area (Å²) in [5.74, 6) is 1.14. The summed E-state index contributed by atoms with van der Waals surface area (Å²) in [5.41, 5.74) is 8.95. The number of methoxy groups -OCH3 is 1. The number of nitrogens with two attached hydrogens (primary N) is 1. The minimum Gasteiger partial charge on any atom is -0.497 e. The average Bonchev–Trinajstić information content (AvgIpc) is 3.13. The number of anilines is 1. The number of ether oxygens (including phenoxy) is 1. The van der Waals surface area contributed by atoms with Crippen LogP contribution >= 0.6 is 0 Å². The third kappa shape index (κ3) is 2.93. The summed E-state index contributed by atoms with van der Waals surface area (Å²) in [6.45, 7) is 1.96. The molecule has 4 rings (SSSR count). The molecule has 0 aliphatic carbocycles.